The number of rotatable bonds is 4. The van der Waals surface area contributed by atoms with Gasteiger partial charge in [0, 0.05) is 10.9 Å². The van der Waals surface area contributed by atoms with E-state index >= 15 is 0 Å². The van der Waals surface area contributed by atoms with Crippen LogP contribution in [0.4, 0.5) is 13.2 Å². The van der Waals surface area contributed by atoms with Crippen LogP contribution in [0.5, 0.6) is 0 Å². The molecular weight excluding hydrogens is 393 g/mol. The van der Waals surface area contributed by atoms with Crippen molar-refractivity contribution in [1.82, 2.24) is 10.9 Å². The largest absolute Gasteiger partial charge is 0.463 e. The maximum Gasteiger partial charge on any atom is 0.425 e. The molecule has 0 aliphatic carbocycles. The standard InChI is InChI=1S/C19H17F3N2O5/c1-10-7-8-14(28-10)18(27,19(20,21)22)9-15(25)23-24-17(26)16-11(2)12-5-3-4-6-13(12)29-16/h3-8,27H,9H2,1-2H3,(H,23,25)(H,24,26)/t18-/m0/s1. The number of aliphatic hydroxyl groups is 1. The van der Waals surface area contributed by atoms with Crippen molar-refractivity contribution in [2.75, 3.05) is 0 Å². The fourth-order valence-electron chi connectivity index (χ4n) is 2.83. The van der Waals surface area contributed by atoms with Crippen LogP contribution in [-0.2, 0) is 10.4 Å². The van der Waals surface area contributed by atoms with Crippen LogP contribution in [0.25, 0.3) is 11.0 Å². The molecule has 3 aromatic rings. The molecule has 7 nitrogen and oxygen atoms in total. The molecule has 0 radical (unpaired) electrons. The Kier molecular flexibility index (Phi) is 5.14. The van der Waals surface area contributed by atoms with Crippen molar-refractivity contribution < 1.29 is 36.7 Å². The first-order valence-electron chi connectivity index (χ1n) is 8.46. The average molecular weight is 410 g/mol. The van der Waals surface area contributed by atoms with Crippen LogP contribution < -0.4 is 10.9 Å². The van der Waals surface area contributed by atoms with Crippen molar-refractivity contribution in [3.63, 3.8) is 0 Å². The molecule has 2 aromatic heterocycles. The van der Waals surface area contributed by atoms with Crippen molar-refractivity contribution in [1.29, 1.82) is 0 Å². The van der Waals surface area contributed by atoms with Crippen LogP contribution in [0.3, 0.4) is 0 Å². The van der Waals surface area contributed by atoms with Gasteiger partial charge in [0.05, 0.1) is 6.42 Å². The summed E-state index contributed by atoms with van der Waals surface area (Å²) in [6.07, 6.45) is -6.60. The summed E-state index contributed by atoms with van der Waals surface area (Å²) in [5, 5.41) is 10.8. The number of nitrogens with one attached hydrogen (secondary N) is 2. The first-order valence-corrected chi connectivity index (χ1v) is 8.46. The Labute approximate surface area is 162 Å². The number of carbonyl (C=O) groups excluding carboxylic acids is 2. The molecule has 0 saturated carbocycles. The summed E-state index contributed by atoms with van der Waals surface area (Å²) in [7, 11) is 0. The third-order valence-electron chi connectivity index (χ3n) is 4.40. The van der Waals surface area contributed by atoms with Gasteiger partial charge in [0.15, 0.2) is 5.76 Å². The lowest BCUT2D eigenvalue weighted by molar-refractivity contribution is -0.273. The molecule has 10 heteroatoms. The Morgan fingerprint density at radius 1 is 1.03 bits per heavy atom. The fraction of sp³-hybridized carbons (Fsp3) is 0.263. The highest BCUT2D eigenvalue weighted by Gasteiger charge is 2.58. The van der Waals surface area contributed by atoms with Gasteiger partial charge in [0.2, 0.25) is 11.5 Å². The highest BCUT2D eigenvalue weighted by Crippen LogP contribution is 2.42. The Balaban J connectivity index is 1.72. The number of para-hydroxylation sites is 1. The molecule has 0 saturated heterocycles. The Morgan fingerprint density at radius 2 is 1.72 bits per heavy atom. The molecule has 3 N–H and O–H groups in total. The number of hydrogen-bond acceptors (Lipinski definition) is 5. The molecule has 0 aliphatic rings. The first-order chi connectivity index (χ1) is 13.5. The minimum absolute atomic E-state index is 0.0979. The number of carbonyl (C=O) groups is 2. The van der Waals surface area contributed by atoms with E-state index < -0.39 is 35.8 Å². The maximum absolute atomic E-state index is 13.4. The lowest BCUT2D eigenvalue weighted by Gasteiger charge is -2.27. The highest BCUT2D eigenvalue weighted by molar-refractivity contribution is 5.99. The van der Waals surface area contributed by atoms with Gasteiger partial charge in [-0.05, 0) is 32.0 Å². The molecule has 2 heterocycles. The SMILES string of the molecule is Cc1ccc([C@@](O)(CC(=O)NNC(=O)c2oc3ccccc3c2C)C(F)(F)F)o1. The average Bonchev–Trinajstić information content (AvgIpc) is 3.23. The summed E-state index contributed by atoms with van der Waals surface area (Å²) < 4.78 is 50.5. The second kappa shape index (κ2) is 7.28. The minimum Gasteiger partial charge on any atom is -0.463 e. The lowest BCUT2D eigenvalue weighted by Crippen LogP contribution is -2.49. The van der Waals surface area contributed by atoms with Crippen molar-refractivity contribution in [2.45, 2.75) is 32.0 Å². The molecule has 29 heavy (non-hydrogen) atoms. The van der Waals surface area contributed by atoms with E-state index in [1.54, 1.807) is 31.2 Å². The van der Waals surface area contributed by atoms with E-state index in [1.165, 1.54) is 13.0 Å². The van der Waals surface area contributed by atoms with Crippen LogP contribution in [-0.4, -0.2) is 23.1 Å². The number of fused-ring (bicyclic) bond motifs is 1. The van der Waals surface area contributed by atoms with Gasteiger partial charge in [-0.15, -0.1) is 0 Å². The summed E-state index contributed by atoms with van der Waals surface area (Å²) in [6.45, 7) is 3.03. The van der Waals surface area contributed by atoms with Gasteiger partial charge >= 0.3 is 12.1 Å². The normalized spacial score (nSPS) is 13.9. The van der Waals surface area contributed by atoms with Crippen molar-refractivity contribution in [3.8, 4) is 0 Å². The lowest BCUT2D eigenvalue weighted by atomic mass is 9.95. The van der Waals surface area contributed by atoms with E-state index in [0.29, 0.717) is 16.5 Å². The zero-order valence-corrected chi connectivity index (χ0v) is 15.4. The molecule has 0 bridgehead atoms. The number of amides is 2. The molecule has 0 aliphatic heterocycles. The van der Waals surface area contributed by atoms with E-state index in [9.17, 15) is 27.9 Å². The summed E-state index contributed by atoms with van der Waals surface area (Å²) in [5.41, 5.74) is 1.25. The summed E-state index contributed by atoms with van der Waals surface area (Å²) in [4.78, 5) is 24.3. The molecule has 2 amide bonds. The summed E-state index contributed by atoms with van der Waals surface area (Å²) in [5.74, 6) is -2.91. The van der Waals surface area contributed by atoms with Crippen molar-refractivity contribution in [3.05, 3.63) is 59.2 Å². The van der Waals surface area contributed by atoms with E-state index in [1.807, 2.05) is 10.9 Å². The van der Waals surface area contributed by atoms with Gasteiger partial charge < -0.3 is 13.9 Å². The zero-order chi connectivity index (χ0) is 21.4. The summed E-state index contributed by atoms with van der Waals surface area (Å²) >= 11 is 0. The van der Waals surface area contributed by atoms with E-state index in [-0.39, 0.29) is 11.5 Å². The van der Waals surface area contributed by atoms with Crippen LogP contribution in [0.1, 0.15) is 34.1 Å². The third kappa shape index (κ3) is 3.83. The number of alkyl halides is 3. The van der Waals surface area contributed by atoms with Gasteiger partial charge in [-0.3, -0.25) is 20.4 Å². The molecule has 1 aromatic carbocycles. The molecule has 0 unspecified atom stereocenters. The highest BCUT2D eigenvalue weighted by atomic mass is 19.4. The second-order valence-electron chi connectivity index (χ2n) is 6.50. The second-order valence-corrected chi connectivity index (χ2v) is 6.50. The molecule has 154 valence electrons. The monoisotopic (exact) mass is 410 g/mol. The fourth-order valence-corrected chi connectivity index (χ4v) is 2.83. The molecule has 0 spiro atoms. The summed E-state index contributed by atoms with van der Waals surface area (Å²) in [6, 6.07) is 9.01. The predicted molar refractivity (Wildman–Crippen MR) is 94.6 cm³/mol. The number of halogens is 3. The van der Waals surface area contributed by atoms with Crippen LogP contribution in [0.2, 0.25) is 0 Å². The zero-order valence-electron chi connectivity index (χ0n) is 15.4. The Bertz CT molecular complexity index is 1070. The first kappa shape index (κ1) is 20.5. The van der Waals surface area contributed by atoms with Gasteiger partial charge in [-0.25, -0.2) is 0 Å². The van der Waals surface area contributed by atoms with Crippen LogP contribution >= 0.6 is 0 Å². The number of benzene rings is 1. The van der Waals surface area contributed by atoms with Gasteiger partial charge in [0.1, 0.15) is 17.1 Å². The van der Waals surface area contributed by atoms with Gasteiger partial charge in [-0.2, -0.15) is 13.2 Å². The number of hydrogen-bond donors (Lipinski definition) is 3. The predicted octanol–water partition coefficient (Wildman–Crippen LogP) is 3.24. The molecule has 3 rings (SSSR count). The smallest absolute Gasteiger partial charge is 0.425 e. The number of aryl methyl sites for hydroxylation is 2. The van der Waals surface area contributed by atoms with Crippen molar-refractivity contribution >= 4 is 22.8 Å². The quantitative estimate of drug-likeness (QED) is 0.573. The molecule has 0 fully saturated rings. The van der Waals surface area contributed by atoms with Crippen LogP contribution in [0, 0.1) is 13.8 Å². The number of hydrazine groups is 1. The van der Waals surface area contributed by atoms with Crippen LogP contribution in [0.15, 0.2) is 45.2 Å². The van der Waals surface area contributed by atoms with Gasteiger partial charge in [-0.1, -0.05) is 18.2 Å². The van der Waals surface area contributed by atoms with E-state index in [4.69, 9.17) is 8.83 Å². The number of furan rings is 2. The van der Waals surface area contributed by atoms with E-state index in [2.05, 4.69) is 0 Å². The molecule has 1 atom stereocenters. The topological polar surface area (TPSA) is 105 Å². The molecular formula is C19H17F3N2O5. The maximum atomic E-state index is 13.4. The third-order valence-corrected chi connectivity index (χ3v) is 4.40. The Hall–Kier alpha value is -3.27. The Morgan fingerprint density at radius 3 is 2.31 bits per heavy atom. The van der Waals surface area contributed by atoms with E-state index in [0.717, 1.165) is 6.07 Å². The van der Waals surface area contributed by atoms with Gasteiger partial charge in [0.25, 0.3) is 0 Å². The van der Waals surface area contributed by atoms with Crippen molar-refractivity contribution in [2.24, 2.45) is 0 Å². The minimum atomic E-state index is -5.19.